The molecule has 0 atom stereocenters. The zero-order valence-corrected chi connectivity index (χ0v) is 19.4. The van der Waals surface area contributed by atoms with Gasteiger partial charge in [0.15, 0.2) is 12.4 Å². The highest BCUT2D eigenvalue weighted by Crippen LogP contribution is 2.32. The number of allylic oxidation sites excluding steroid dienone is 1. The minimum absolute atomic E-state index is 0.134. The van der Waals surface area contributed by atoms with E-state index in [1.807, 2.05) is 48.5 Å². The van der Waals surface area contributed by atoms with Gasteiger partial charge >= 0.3 is 5.97 Å². The summed E-state index contributed by atoms with van der Waals surface area (Å²) in [7, 11) is 0. The Morgan fingerprint density at radius 1 is 1.12 bits per heavy atom. The monoisotopic (exact) mass is 469 g/mol. The zero-order valence-electron chi connectivity index (χ0n) is 18.5. The predicted octanol–water partition coefficient (Wildman–Crippen LogP) is 4.88. The average Bonchev–Trinajstić information content (AvgIpc) is 3.16. The van der Waals surface area contributed by atoms with Crippen LogP contribution in [0.4, 0.5) is 0 Å². The van der Waals surface area contributed by atoms with Crippen LogP contribution in [0.15, 0.2) is 42.0 Å². The summed E-state index contributed by atoms with van der Waals surface area (Å²) < 4.78 is 10.6. The molecule has 2 aromatic carbocycles. The van der Waals surface area contributed by atoms with Crippen LogP contribution in [0.1, 0.15) is 38.2 Å². The normalized spacial score (nSPS) is 10.7. The number of ketones is 1. The highest BCUT2D eigenvalue weighted by molar-refractivity contribution is 7.14. The van der Waals surface area contributed by atoms with Crippen molar-refractivity contribution in [2.75, 3.05) is 13.2 Å². The first-order valence-corrected chi connectivity index (χ1v) is 11.1. The van der Waals surface area contributed by atoms with Gasteiger partial charge in [0.05, 0.1) is 17.7 Å². The van der Waals surface area contributed by atoms with E-state index in [0.29, 0.717) is 21.8 Å². The number of esters is 1. The van der Waals surface area contributed by atoms with Crippen molar-refractivity contribution in [3.05, 3.63) is 68.4 Å². The summed E-state index contributed by atoms with van der Waals surface area (Å²) in [5.74, 6) is -0.684. The van der Waals surface area contributed by atoms with Crippen LogP contribution >= 0.6 is 11.3 Å². The van der Waals surface area contributed by atoms with Crippen molar-refractivity contribution in [3.8, 4) is 24.0 Å². The average molecular weight is 470 g/mol. The van der Waals surface area contributed by atoms with Crippen LogP contribution in [0, 0.1) is 40.9 Å². The Hall–Kier alpha value is -4.45. The summed E-state index contributed by atoms with van der Waals surface area (Å²) in [6.45, 7) is 3.31. The fourth-order valence-electron chi connectivity index (χ4n) is 3.46. The first kappa shape index (κ1) is 24.2. The van der Waals surface area contributed by atoms with Gasteiger partial charge in [-0.15, -0.1) is 11.3 Å². The molecule has 0 fully saturated rings. The Balaban J connectivity index is 2.03. The smallest absolute Gasteiger partial charge is 0.348 e. The van der Waals surface area contributed by atoms with Crippen molar-refractivity contribution < 1.29 is 19.1 Å². The molecule has 0 amide bonds. The number of thiophene rings is 1. The Morgan fingerprint density at radius 2 is 1.88 bits per heavy atom. The number of Topliss-reactive ketones (excluding diaryl/α,β-unsaturated/α-hetero) is 1. The van der Waals surface area contributed by atoms with E-state index < -0.39 is 11.8 Å². The second kappa shape index (κ2) is 10.9. The number of ether oxygens (including phenoxy) is 2. The topological polar surface area (TPSA) is 124 Å². The molecule has 0 spiro atoms. The van der Waals surface area contributed by atoms with Crippen LogP contribution in [0.25, 0.3) is 16.8 Å². The number of carbonyl (C=O) groups is 2. The van der Waals surface area contributed by atoms with E-state index in [-0.39, 0.29) is 35.6 Å². The van der Waals surface area contributed by atoms with Crippen molar-refractivity contribution in [1.29, 1.82) is 15.8 Å². The number of carbonyl (C=O) groups excluding carboxylic acids is 2. The fourth-order valence-corrected chi connectivity index (χ4v) is 4.60. The van der Waals surface area contributed by atoms with Crippen LogP contribution < -0.4 is 4.74 Å². The first-order chi connectivity index (χ1) is 16.4. The number of hydrogen-bond acceptors (Lipinski definition) is 8. The highest BCUT2D eigenvalue weighted by Gasteiger charge is 2.23. The van der Waals surface area contributed by atoms with E-state index in [4.69, 9.17) is 14.7 Å². The third-order valence-corrected chi connectivity index (χ3v) is 6.32. The molecule has 7 nitrogen and oxygen atoms in total. The zero-order chi connectivity index (χ0) is 24.7. The number of nitriles is 3. The van der Waals surface area contributed by atoms with Crippen molar-refractivity contribution in [1.82, 2.24) is 0 Å². The van der Waals surface area contributed by atoms with Crippen molar-refractivity contribution in [2.45, 2.75) is 20.3 Å². The maximum absolute atomic E-state index is 13.1. The molecule has 0 aliphatic rings. The van der Waals surface area contributed by atoms with Crippen LogP contribution in [0.3, 0.4) is 0 Å². The van der Waals surface area contributed by atoms with E-state index in [1.54, 1.807) is 19.9 Å². The van der Waals surface area contributed by atoms with E-state index in [2.05, 4.69) is 0 Å². The van der Waals surface area contributed by atoms with Gasteiger partial charge in [-0.1, -0.05) is 30.3 Å². The molecule has 0 saturated heterocycles. The van der Waals surface area contributed by atoms with Gasteiger partial charge in [-0.3, -0.25) is 4.79 Å². The Labute approximate surface area is 200 Å². The molecule has 3 rings (SSSR count). The molecule has 1 aromatic heterocycles. The van der Waals surface area contributed by atoms with Crippen molar-refractivity contribution in [3.63, 3.8) is 0 Å². The van der Waals surface area contributed by atoms with Crippen molar-refractivity contribution in [2.24, 2.45) is 0 Å². The molecule has 0 N–H and O–H groups in total. The standard InChI is InChI=1S/C26H19N3O4S/c1-3-32-26(31)25-16(2)21(15-29)24(34-25)13-22(30)18(14-28)12-20-19-7-5-4-6-17(19)8-9-23(20)33-11-10-27/h4-9,12H,3,11,13H2,1-2H3/b18-12+. The molecular weight excluding hydrogens is 450 g/mol. The maximum Gasteiger partial charge on any atom is 0.348 e. The number of benzene rings is 2. The lowest BCUT2D eigenvalue weighted by atomic mass is 9.98. The van der Waals surface area contributed by atoms with Crippen LogP contribution in [0.5, 0.6) is 5.75 Å². The lowest BCUT2D eigenvalue weighted by Gasteiger charge is -2.10. The van der Waals surface area contributed by atoms with Crippen LogP contribution in [-0.4, -0.2) is 25.0 Å². The largest absolute Gasteiger partial charge is 0.478 e. The van der Waals surface area contributed by atoms with Gasteiger partial charge in [0.25, 0.3) is 0 Å². The lowest BCUT2D eigenvalue weighted by molar-refractivity contribution is -0.114. The second-order valence-electron chi connectivity index (χ2n) is 7.10. The van der Waals surface area contributed by atoms with Gasteiger partial charge in [-0.05, 0) is 42.3 Å². The summed E-state index contributed by atoms with van der Waals surface area (Å²) in [5, 5.41) is 29.9. The summed E-state index contributed by atoms with van der Waals surface area (Å²) in [5.41, 5.74) is 1.07. The molecule has 0 aliphatic heterocycles. The quantitative estimate of drug-likeness (QED) is 0.262. The molecule has 0 radical (unpaired) electrons. The summed E-state index contributed by atoms with van der Waals surface area (Å²) in [6, 6.07) is 16.8. The minimum Gasteiger partial charge on any atom is -0.478 e. The predicted molar refractivity (Wildman–Crippen MR) is 127 cm³/mol. The summed E-state index contributed by atoms with van der Waals surface area (Å²) in [4.78, 5) is 26.0. The molecule has 34 heavy (non-hydrogen) atoms. The van der Waals surface area contributed by atoms with E-state index >= 15 is 0 Å². The molecule has 3 aromatic rings. The van der Waals surface area contributed by atoms with Crippen LogP contribution in [0.2, 0.25) is 0 Å². The molecule has 0 bridgehead atoms. The van der Waals surface area contributed by atoms with Gasteiger partial charge < -0.3 is 9.47 Å². The van der Waals surface area contributed by atoms with Gasteiger partial charge in [-0.2, -0.15) is 15.8 Å². The van der Waals surface area contributed by atoms with E-state index in [1.165, 1.54) is 6.08 Å². The van der Waals surface area contributed by atoms with Gasteiger partial charge in [0, 0.05) is 16.9 Å². The first-order valence-electron chi connectivity index (χ1n) is 10.3. The second-order valence-corrected chi connectivity index (χ2v) is 8.21. The Bertz CT molecular complexity index is 1430. The van der Waals surface area contributed by atoms with Crippen molar-refractivity contribution >= 4 is 39.9 Å². The third-order valence-electron chi connectivity index (χ3n) is 5.05. The maximum atomic E-state index is 13.1. The third kappa shape index (κ3) is 4.96. The summed E-state index contributed by atoms with van der Waals surface area (Å²) >= 11 is 1.02. The SMILES string of the molecule is CCOC(=O)c1sc(CC(=O)/C(C#N)=C/c2c(OCC#N)ccc3ccccc23)c(C#N)c1C. The summed E-state index contributed by atoms with van der Waals surface area (Å²) in [6.07, 6.45) is 1.22. The minimum atomic E-state index is -0.550. The molecule has 0 unspecified atom stereocenters. The van der Waals surface area contributed by atoms with Gasteiger partial charge in [-0.25, -0.2) is 4.79 Å². The molecule has 1 heterocycles. The number of rotatable bonds is 8. The molecule has 168 valence electrons. The Kier molecular flexibility index (Phi) is 7.77. The lowest BCUT2D eigenvalue weighted by Crippen LogP contribution is -2.06. The van der Waals surface area contributed by atoms with Gasteiger partial charge in [0.2, 0.25) is 0 Å². The highest BCUT2D eigenvalue weighted by atomic mass is 32.1. The number of fused-ring (bicyclic) bond motifs is 1. The van der Waals surface area contributed by atoms with E-state index in [9.17, 15) is 20.1 Å². The van der Waals surface area contributed by atoms with Crippen LogP contribution in [-0.2, 0) is 16.0 Å². The molecular formula is C26H19N3O4S. The Morgan fingerprint density at radius 3 is 2.56 bits per heavy atom. The molecule has 0 saturated carbocycles. The van der Waals surface area contributed by atoms with Gasteiger partial charge in [0.1, 0.15) is 28.8 Å². The molecule has 0 aliphatic carbocycles. The number of nitrogens with zero attached hydrogens (tertiary/aromatic N) is 3. The van der Waals surface area contributed by atoms with E-state index in [0.717, 1.165) is 22.1 Å². The number of hydrogen-bond donors (Lipinski definition) is 0. The molecule has 8 heteroatoms. The fraction of sp³-hybridized carbons (Fsp3) is 0.192.